The van der Waals surface area contributed by atoms with E-state index in [2.05, 4.69) is 0 Å². The monoisotopic (exact) mass is 220 g/mol. The smallest absolute Gasteiger partial charge is 0.129 e. The van der Waals surface area contributed by atoms with Crippen molar-refractivity contribution in [3.05, 3.63) is 59.3 Å². The molecule has 2 rings (SSSR count). The van der Waals surface area contributed by atoms with Crippen LogP contribution in [0.2, 0.25) is 0 Å². The number of halogens is 1. The van der Waals surface area contributed by atoms with Gasteiger partial charge in [-0.25, -0.2) is 4.39 Å². The van der Waals surface area contributed by atoms with E-state index in [-0.39, 0.29) is 5.56 Å². The number of benzene rings is 1. The van der Waals surface area contributed by atoms with E-state index in [0.717, 1.165) is 0 Å². The highest BCUT2D eigenvalue weighted by Crippen LogP contribution is 2.27. The molecule has 0 saturated heterocycles. The fourth-order valence-electron chi connectivity index (χ4n) is 1.75. The minimum atomic E-state index is -0.963. The van der Waals surface area contributed by atoms with E-state index in [9.17, 15) is 9.50 Å². The first-order valence-corrected chi connectivity index (χ1v) is 5.22. The van der Waals surface area contributed by atoms with Gasteiger partial charge in [-0.3, -0.25) is 0 Å². The normalized spacial score (nSPS) is 12.7. The number of hydrogen-bond donors (Lipinski definition) is 1. The third kappa shape index (κ3) is 1.86. The van der Waals surface area contributed by atoms with Gasteiger partial charge in [0.15, 0.2) is 0 Å². The lowest BCUT2D eigenvalue weighted by atomic mass is 10.0. The van der Waals surface area contributed by atoms with Crippen LogP contribution in [0.5, 0.6) is 0 Å². The summed E-state index contributed by atoms with van der Waals surface area (Å²) in [5.74, 6) is 0.286. The van der Waals surface area contributed by atoms with Crippen LogP contribution in [-0.2, 0) is 6.42 Å². The predicted molar refractivity (Wildman–Crippen MR) is 58.5 cm³/mol. The predicted octanol–water partition coefficient (Wildman–Crippen LogP) is 3.06. The zero-order valence-corrected chi connectivity index (χ0v) is 8.98. The zero-order chi connectivity index (χ0) is 11.5. The van der Waals surface area contributed by atoms with Crippen molar-refractivity contribution in [3.63, 3.8) is 0 Å². The van der Waals surface area contributed by atoms with Gasteiger partial charge in [0.2, 0.25) is 0 Å². The molecule has 0 aliphatic carbocycles. The van der Waals surface area contributed by atoms with E-state index >= 15 is 0 Å². The molecule has 0 spiro atoms. The summed E-state index contributed by atoms with van der Waals surface area (Å²) >= 11 is 0. The highest BCUT2D eigenvalue weighted by atomic mass is 19.1. The van der Waals surface area contributed by atoms with E-state index < -0.39 is 11.9 Å². The molecule has 1 aromatic heterocycles. The van der Waals surface area contributed by atoms with Crippen molar-refractivity contribution < 1.29 is 13.9 Å². The van der Waals surface area contributed by atoms with Crippen molar-refractivity contribution in [3.8, 4) is 0 Å². The topological polar surface area (TPSA) is 33.4 Å². The number of aliphatic hydroxyl groups excluding tert-OH is 1. The molecule has 0 saturated carbocycles. The number of aryl methyl sites for hydroxylation is 1. The molecular formula is C13H13FO2. The van der Waals surface area contributed by atoms with Crippen molar-refractivity contribution in [1.82, 2.24) is 0 Å². The Morgan fingerprint density at radius 3 is 2.69 bits per heavy atom. The molecule has 1 unspecified atom stereocenters. The van der Waals surface area contributed by atoms with Gasteiger partial charge in [-0.1, -0.05) is 25.1 Å². The van der Waals surface area contributed by atoms with Crippen LogP contribution < -0.4 is 0 Å². The van der Waals surface area contributed by atoms with Crippen LogP contribution in [0.1, 0.15) is 29.9 Å². The number of hydrogen-bond acceptors (Lipinski definition) is 2. The van der Waals surface area contributed by atoms with Gasteiger partial charge in [0, 0.05) is 17.5 Å². The summed E-state index contributed by atoms with van der Waals surface area (Å²) in [6.07, 6.45) is 1.22. The van der Waals surface area contributed by atoms with E-state index in [1.54, 1.807) is 24.3 Å². The molecule has 0 bridgehead atoms. The first-order valence-electron chi connectivity index (χ1n) is 5.22. The van der Waals surface area contributed by atoms with Gasteiger partial charge in [-0.05, 0) is 12.1 Å². The second-order valence-corrected chi connectivity index (χ2v) is 3.58. The first-order chi connectivity index (χ1) is 7.74. The lowest BCUT2D eigenvalue weighted by molar-refractivity contribution is 0.212. The molecule has 84 valence electrons. The molecule has 16 heavy (non-hydrogen) atoms. The summed E-state index contributed by atoms with van der Waals surface area (Å²) in [5, 5.41) is 10.1. The van der Waals surface area contributed by atoms with Gasteiger partial charge < -0.3 is 9.52 Å². The van der Waals surface area contributed by atoms with E-state index in [1.807, 2.05) is 6.92 Å². The summed E-state index contributed by atoms with van der Waals surface area (Å²) < 4.78 is 18.7. The molecule has 0 fully saturated rings. The fourth-order valence-corrected chi connectivity index (χ4v) is 1.75. The average molecular weight is 220 g/mol. The Bertz CT molecular complexity index is 476. The molecule has 0 aliphatic rings. The van der Waals surface area contributed by atoms with E-state index in [0.29, 0.717) is 17.7 Å². The van der Waals surface area contributed by atoms with Crippen molar-refractivity contribution in [2.45, 2.75) is 19.4 Å². The Balaban J connectivity index is 2.39. The number of aliphatic hydroxyl groups is 1. The molecule has 1 heterocycles. The lowest BCUT2D eigenvalue weighted by Gasteiger charge is -2.11. The van der Waals surface area contributed by atoms with Crippen LogP contribution in [-0.4, -0.2) is 5.11 Å². The Hall–Kier alpha value is -1.61. The molecule has 3 heteroatoms. The van der Waals surface area contributed by atoms with E-state index in [4.69, 9.17) is 4.42 Å². The Morgan fingerprint density at radius 1 is 1.25 bits per heavy atom. The molecule has 0 amide bonds. The van der Waals surface area contributed by atoms with Crippen LogP contribution >= 0.6 is 0 Å². The van der Waals surface area contributed by atoms with Crippen LogP contribution in [0.4, 0.5) is 4.39 Å². The zero-order valence-electron chi connectivity index (χ0n) is 8.98. The minimum absolute atomic E-state index is 0.276. The van der Waals surface area contributed by atoms with Gasteiger partial charge in [-0.15, -0.1) is 0 Å². The summed E-state index contributed by atoms with van der Waals surface area (Å²) in [7, 11) is 0. The Labute approximate surface area is 93.3 Å². The quantitative estimate of drug-likeness (QED) is 0.862. The standard InChI is InChI=1S/C13H13FO2/c1-2-12-10(7-8-16-12)13(15)9-5-3-4-6-11(9)14/h3-8,13,15H,2H2,1H3. The van der Waals surface area contributed by atoms with Crippen molar-refractivity contribution in [1.29, 1.82) is 0 Å². The molecule has 0 radical (unpaired) electrons. The molecule has 2 aromatic rings. The fraction of sp³-hybridized carbons (Fsp3) is 0.231. The van der Waals surface area contributed by atoms with Crippen LogP contribution in [0, 0.1) is 5.82 Å². The number of furan rings is 1. The second-order valence-electron chi connectivity index (χ2n) is 3.58. The lowest BCUT2D eigenvalue weighted by Crippen LogP contribution is -2.03. The SMILES string of the molecule is CCc1occc1C(O)c1ccccc1F. The van der Waals surface area contributed by atoms with Crippen molar-refractivity contribution >= 4 is 0 Å². The Kier molecular flexibility index (Phi) is 3.06. The second kappa shape index (κ2) is 4.49. The van der Waals surface area contributed by atoms with Crippen LogP contribution in [0.15, 0.2) is 41.0 Å². The number of rotatable bonds is 3. The maximum Gasteiger partial charge on any atom is 0.129 e. The first kappa shape index (κ1) is 10.9. The van der Waals surface area contributed by atoms with Gasteiger partial charge in [0.05, 0.1) is 6.26 Å². The van der Waals surface area contributed by atoms with Gasteiger partial charge in [0.25, 0.3) is 0 Å². The van der Waals surface area contributed by atoms with Crippen LogP contribution in [0.3, 0.4) is 0 Å². The average Bonchev–Trinajstić information content (AvgIpc) is 2.77. The molecule has 2 nitrogen and oxygen atoms in total. The maximum absolute atomic E-state index is 13.5. The van der Waals surface area contributed by atoms with E-state index in [1.165, 1.54) is 12.3 Å². The molecule has 1 aromatic carbocycles. The van der Waals surface area contributed by atoms with Crippen LogP contribution in [0.25, 0.3) is 0 Å². The molecule has 1 atom stereocenters. The third-order valence-electron chi connectivity index (χ3n) is 2.60. The van der Waals surface area contributed by atoms with Crippen molar-refractivity contribution in [2.75, 3.05) is 0 Å². The highest BCUT2D eigenvalue weighted by Gasteiger charge is 2.18. The summed E-state index contributed by atoms with van der Waals surface area (Å²) in [4.78, 5) is 0. The summed E-state index contributed by atoms with van der Waals surface area (Å²) in [6.45, 7) is 1.93. The highest BCUT2D eigenvalue weighted by molar-refractivity contribution is 5.32. The largest absolute Gasteiger partial charge is 0.469 e. The third-order valence-corrected chi connectivity index (χ3v) is 2.60. The maximum atomic E-state index is 13.5. The minimum Gasteiger partial charge on any atom is -0.469 e. The summed E-state index contributed by atoms with van der Waals surface area (Å²) in [5.41, 5.74) is 0.909. The molecule has 0 aliphatic heterocycles. The van der Waals surface area contributed by atoms with Gasteiger partial charge in [-0.2, -0.15) is 0 Å². The molecular weight excluding hydrogens is 207 g/mol. The van der Waals surface area contributed by atoms with Gasteiger partial charge >= 0.3 is 0 Å². The summed E-state index contributed by atoms with van der Waals surface area (Å²) in [6, 6.07) is 7.89. The van der Waals surface area contributed by atoms with Crippen molar-refractivity contribution in [2.24, 2.45) is 0 Å². The molecule has 1 N–H and O–H groups in total. The Morgan fingerprint density at radius 2 is 2.00 bits per heavy atom. The van der Waals surface area contributed by atoms with Gasteiger partial charge in [0.1, 0.15) is 17.7 Å².